The second kappa shape index (κ2) is 12.5. The summed E-state index contributed by atoms with van der Waals surface area (Å²) in [6, 6.07) is 17.2. The molecule has 39 heavy (non-hydrogen) atoms. The van der Waals surface area contributed by atoms with Crippen LogP contribution in [-0.4, -0.2) is 44.5 Å². The van der Waals surface area contributed by atoms with Gasteiger partial charge in [-0.3, -0.25) is 4.98 Å². The summed E-state index contributed by atoms with van der Waals surface area (Å²) in [6.07, 6.45) is 7.67. The summed E-state index contributed by atoms with van der Waals surface area (Å²) in [5.74, 6) is 0.218. The molecule has 210 valence electrons. The maximum atomic E-state index is 14.0. The van der Waals surface area contributed by atoms with E-state index in [-0.39, 0.29) is 5.75 Å². The summed E-state index contributed by atoms with van der Waals surface area (Å²) in [4.78, 5) is 6.36. The molecule has 4 rings (SSSR count). The number of anilines is 1. The van der Waals surface area contributed by atoms with Gasteiger partial charge in [0.1, 0.15) is 12.4 Å². The van der Waals surface area contributed by atoms with Crippen molar-refractivity contribution in [1.82, 2.24) is 4.98 Å². The second-order valence-corrected chi connectivity index (χ2v) is 13.0. The third kappa shape index (κ3) is 6.47. The van der Waals surface area contributed by atoms with Gasteiger partial charge in [0.05, 0.1) is 16.8 Å². The number of sulfone groups is 1. The molecule has 0 amide bonds. The van der Waals surface area contributed by atoms with Crippen LogP contribution in [0.25, 0.3) is 0 Å². The van der Waals surface area contributed by atoms with Crippen LogP contribution < -0.4 is 9.64 Å². The third-order valence-electron chi connectivity index (χ3n) is 8.05. The van der Waals surface area contributed by atoms with E-state index in [1.54, 1.807) is 18.5 Å². The van der Waals surface area contributed by atoms with Crippen molar-refractivity contribution in [2.24, 2.45) is 5.41 Å². The van der Waals surface area contributed by atoms with Crippen molar-refractivity contribution in [2.45, 2.75) is 75.9 Å². The van der Waals surface area contributed by atoms with Gasteiger partial charge in [-0.2, -0.15) is 0 Å². The van der Waals surface area contributed by atoms with E-state index in [4.69, 9.17) is 4.74 Å². The van der Waals surface area contributed by atoms with Gasteiger partial charge in [0, 0.05) is 43.5 Å². The minimum atomic E-state index is -3.62. The molecule has 0 unspecified atom stereocenters. The fourth-order valence-electron chi connectivity index (χ4n) is 5.81. The van der Waals surface area contributed by atoms with Gasteiger partial charge in [0.2, 0.25) is 0 Å². The Balaban J connectivity index is 1.80. The normalized spacial score (nSPS) is 19.6. The highest BCUT2D eigenvalue weighted by Crippen LogP contribution is 2.50. The van der Waals surface area contributed by atoms with Crippen LogP contribution in [-0.2, 0) is 16.4 Å². The van der Waals surface area contributed by atoms with E-state index in [9.17, 15) is 13.5 Å². The molecule has 1 aromatic heterocycles. The number of hydrogen-bond acceptors (Lipinski definition) is 6. The lowest BCUT2D eigenvalue weighted by Crippen LogP contribution is -2.43. The zero-order valence-corrected chi connectivity index (χ0v) is 24.5. The van der Waals surface area contributed by atoms with Crippen LogP contribution >= 0.6 is 0 Å². The minimum Gasteiger partial charge on any atom is -0.489 e. The number of nitrogens with zero attached hydrogens (tertiary/aromatic N) is 2. The molecule has 2 aromatic carbocycles. The predicted molar refractivity (Wildman–Crippen MR) is 157 cm³/mol. The first kappa shape index (κ1) is 29.1. The number of fused-ring (bicyclic) bond motifs is 1. The lowest BCUT2D eigenvalue weighted by molar-refractivity contribution is 0.0127. The van der Waals surface area contributed by atoms with E-state index in [1.807, 2.05) is 67.5 Å². The molecular formula is C32H42N2O4S. The summed E-state index contributed by atoms with van der Waals surface area (Å²) in [5, 5.41) is 12.3. The largest absolute Gasteiger partial charge is 0.489 e. The number of hydrogen-bond donors (Lipinski definition) is 1. The fourth-order valence-corrected chi connectivity index (χ4v) is 8.00. The van der Waals surface area contributed by atoms with E-state index in [0.29, 0.717) is 29.9 Å². The van der Waals surface area contributed by atoms with Crippen LogP contribution in [0.5, 0.6) is 5.75 Å². The molecule has 7 heteroatoms. The van der Waals surface area contributed by atoms with E-state index in [1.165, 1.54) is 0 Å². The van der Waals surface area contributed by atoms with E-state index in [2.05, 4.69) is 18.8 Å². The van der Waals surface area contributed by atoms with Gasteiger partial charge >= 0.3 is 0 Å². The SMILES string of the molecule is CCCCC1(CCCC)CS(=O)(=O)c2ccc(N(C)C)cc2[C@@H](c2ccc(OCc3ccncc3)cc2)[C@H]1O. The molecule has 0 aliphatic carbocycles. The Morgan fingerprint density at radius 2 is 1.62 bits per heavy atom. The van der Waals surface area contributed by atoms with Crippen LogP contribution in [0.4, 0.5) is 5.69 Å². The Morgan fingerprint density at radius 3 is 2.21 bits per heavy atom. The molecule has 2 atom stereocenters. The maximum Gasteiger partial charge on any atom is 0.179 e. The first-order chi connectivity index (χ1) is 18.7. The zero-order chi connectivity index (χ0) is 28.0. The average Bonchev–Trinajstić information content (AvgIpc) is 3.01. The van der Waals surface area contributed by atoms with Crippen molar-refractivity contribution < 1.29 is 18.3 Å². The highest BCUT2D eigenvalue weighted by Gasteiger charge is 2.49. The Hall–Kier alpha value is -2.90. The Bertz CT molecular complexity index is 1320. The predicted octanol–water partition coefficient (Wildman–Crippen LogP) is 6.37. The minimum absolute atomic E-state index is 0.0287. The monoisotopic (exact) mass is 550 g/mol. The molecule has 0 bridgehead atoms. The topological polar surface area (TPSA) is 79.7 Å². The van der Waals surface area contributed by atoms with Crippen LogP contribution in [0.1, 0.15) is 75.0 Å². The number of aliphatic hydroxyl groups excluding tert-OH is 1. The third-order valence-corrected chi connectivity index (χ3v) is 10.0. The maximum absolute atomic E-state index is 14.0. The first-order valence-corrected chi connectivity index (χ1v) is 15.7. The van der Waals surface area contributed by atoms with Gasteiger partial charge in [-0.1, -0.05) is 51.7 Å². The van der Waals surface area contributed by atoms with Crippen LogP contribution in [0, 0.1) is 5.41 Å². The van der Waals surface area contributed by atoms with Crippen molar-refractivity contribution in [3.8, 4) is 5.75 Å². The van der Waals surface area contributed by atoms with Crippen molar-refractivity contribution in [3.05, 3.63) is 83.7 Å². The van der Waals surface area contributed by atoms with Gasteiger partial charge in [-0.05, 0) is 72.0 Å². The Labute approximate surface area is 234 Å². The number of pyridine rings is 1. The van der Waals surface area contributed by atoms with Crippen molar-refractivity contribution in [3.63, 3.8) is 0 Å². The van der Waals surface area contributed by atoms with Gasteiger partial charge in [-0.15, -0.1) is 0 Å². The number of aromatic nitrogens is 1. The smallest absolute Gasteiger partial charge is 0.179 e. The first-order valence-electron chi connectivity index (χ1n) is 14.0. The molecular weight excluding hydrogens is 508 g/mol. The Kier molecular flexibility index (Phi) is 9.34. The van der Waals surface area contributed by atoms with Crippen LogP contribution in [0.2, 0.25) is 0 Å². The second-order valence-electron chi connectivity index (χ2n) is 11.1. The van der Waals surface area contributed by atoms with Gasteiger partial charge in [0.15, 0.2) is 9.84 Å². The molecule has 0 radical (unpaired) electrons. The van der Waals surface area contributed by atoms with Gasteiger partial charge in [0.25, 0.3) is 0 Å². The van der Waals surface area contributed by atoms with Crippen molar-refractivity contribution in [2.75, 3.05) is 24.7 Å². The van der Waals surface area contributed by atoms with E-state index in [0.717, 1.165) is 48.2 Å². The quantitative estimate of drug-likeness (QED) is 0.299. The number of aliphatic hydroxyl groups is 1. The van der Waals surface area contributed by atoms with E-state index < -0.39 is 27.3 Å². The number of rotatable bonds is 11. The summed E-state index contributed by atoms with van der Waals surface area (Å²) in [7, 11) is 0.270. The van der Waals surface area contributed by atoms with Crippen LogP contribution in [0.15, 0.2) is 71.9 Å². The molecule has 1 aliphatic rings. The van der Waals surface area contributed by atoms with Gasteiger partial charge in [-0.25, -0.2) is 8.42 Å². The molecule has 3 aromatic rings. The molecule has 2 heterocycles. The average molecular weight is 551 g/mol. The fraction of sp³-hybridized carbons (Fsp3) is 0.469. The number of ether oxygens (including phenoxy) is 1. The Morgan fingerprint density at radius 1 is 0.974 bits per heavy atom. The number of unbranched alkanes of at least 4 members (excludes halogenated alkanes) is 2. The van der Waals surface area contributed by atoms with Gasteiger partial charge < -0.3 is 14.7 Å². The molecule has 6 nitrogen and oxygen atoms in total. The summed E-state index contributed by atoms with van der Waals surface area (Å²) in [6.45, 7) is 4.66. The van der Waals surface area contributed by atoms with E-state index >= 15 is 0 Å². The summed E-state index contributed by atoms with van der Waals surface area (Å²) < 4.78 is 33.9. The molecule has 0 fully saturated rings. The summed E-state index contributed by atoms with van der Waals surface area (Å²) in [5.41, 5.74) is 2.79. The molecule has 0 saturated carbocycles. The summed E-state index contributed by atoms with van der Waals surface area (Å²) >= 11 is 0. The molecule has 1 aliphatic heterocycles. The molecule has 0 saturated heterocycles. The highest BCUT2D eigenvalue weighted by atomic mass is 32.2. The number of benzene rings is 2. The highest BCUT2D eigenvalue weighted by molar-refractivity contribution is 7.91. The lowest BCUT2D eigenvalue weighted by Gasteiger charge is -2.40. The van der Waals surface area contributed by atoms with Crippen molar-refractivity contribution >= 4 is 15.5 Å². The van der Waals surface area contributed by atoms with Crippen LogP contribution in [0.3, 0.4) is 0 Å². The lowest BCUT2D eigenvalue weighted by atomic mass is 9.68. The molecule has 0 spiro atoms. The zero-order valence-electron chi connectivity index (χ0n) is 23.6. The van der Waals surface area contributed by atoms with Crippen molar-refractivity contribution in [1.29, 1.82) is 0 Å². The molecule has 1 N–H and O–H groups in total. The standard InChI is InChI=1S/C32H42N2O4S/c1-5-7-17-32(18-8-6-2)23-39(36,37)29-14-11-26(34(3)4)21-28(29)30(31(32)35)25-9-12-27(13-10-25)38-22-24-15-19-33-20-16-24/h9-16,19-21,30-31,35H,5-8,17-18,22-23H2,1-4H3/t30-,31-/m1/s1.